The van der Waals surface area contributed by atoms with Crippen molar-refractivity contribution >= 4 is 33.3 Å². The molecule has 0 saturated heterocycles. The summed E-state index contributed by atoms with van der Waals surface area (Å²) in [7, 11) is 4.42. The first kappa shape index (κ1) is 23.7. The molecule has 2 aromatic heterocycles. The van der Waals surface area contributed by atoms with Crippen LogP contribution in [0.1, 0.15) is 46.1 Å². The summed E-state index contributed by atoms with van der Waals surface area (Å²) in [5, 5.41) is 9.54. The maximum absolute atomic E-state index is 14.0. The van der Waals surface area contributed by atoms with Crippen LogP contribution < -0.4 is 24.5 Å². The molecule has 3 heterocycles. The van der Waals surface area contributed by atoms with Crippen LogP contribution in [0.15, 0.2) is 39.5 Å². The Morgan fingerprint density at radius 1 is 1.06 bits per heavy atom. The molecule has 0 saturated carbocycles. The molecule has 0 radical (unpaired) electrons. The van der Waals surface area contributed by atoms with Crippen LogP contribution >= 0.6 is 11.3 Å². The monoisotopic (exact) mass is 511 g/mol. The number of hydrogen-bond donors (Lipinski definition) is 0. The lowest BCUT2D eigenvalue weighted by molar-refractivity contribution is 0.0970. The second-order valence-electron chi connectivity index (χ2n) is 8.08. The molecule has 0 fully saturated rings. The van der Waals surface area contributed by atoms with E-state index in [9.17, 15) is 14.0 Å². The number of hydrogen-bond acceptors (Lipinski definition) is 9. The van der Waals surface area contributed by atoms with Gasteiger partial charge >= 0.3 is 0 Å². The summed E-state index contributed by atoms with van der Waals surface area (Å²) in [4.78, 5) is 28.8. The highest BCUT2D eigenvalue weighted by molar-refractivity contribution is 7.15. The third kappa shape index (κ3) is 3.67. The first-order valence-corrected chi connectivity index (χ1v) is 12.0. The van der Waals surface area contributed by atoms with Crippen LogP contribution in [0.4, 0.5) is 9.52 Å². The van der Waals surface area contributed by atoms with Gasteiger partial charge < -0.3 is 18.6 Å². The van der Waals surface area contributed by atoms with Crippen molar-refractivity contribution in [1.82, 2.24) is 10.2 Å². The van der Waals surface area contributed by atoms with E-state index in [4.69, 9.17) is 18.6 Å². The van der Waals surface area contributed by atoms with Crippen molar-refractivity contribution in [2.75, 3.05) is 26.2 Å². The molecule has 2 aromatic carbocycles. The van der Waals surface area contributed by atoms with Crippen molar-refractivity contribution in [1.29, 1.82) is 0 Å². The summed E-state index contributed by atoms with van der Waals surface area (Å²) in [5.41, 5.74) is 0.160. The third-order valence-electron chi connectivity index (χ3n) is 5.96. The van der Waals surface area contributed by atoms with E-state index in [1.54, 1.807) is 12.1 Å². The molecule has 1 aliphatic heterocycles. The van der Waals surface area contributed by atoms with Gasteiger partial charge in [0.1, 0.15) is 16.4 Å². The van der Waals surface area contributed by atoms with E-state index in [0.29, 0.717) is 34.4 Å². The van der Waals surface area contributed by atoms with E-state index in [0.717, 1.165) is 17.5 Å². The van der Waals surface area contributed by atoms with Crippen molar-refractivity contribution in [2.24, 2.45) is 0 Å². The number of carbonyl (C=O) groups is 1. The summed E-state index contributed by atoms with van der Waals surface area (Å²) < 4.78 is 36.4. The highest BCUT2D eigenvalue weighted by Crippen LogP contribution is 2.46. The van der Waals surface area contributed by atoms with Gasteiger partial charge in [-0.05, 0) is 42.3 Å². The molecule has 0 N–H and O–H groups in total. The van der Waals surface area contributed by atoms with Gasteiger partial charge in [-0.2, -0.15) is 0 Å². The molecule has 4 aromatic rings. The van der Waals surface area contributed by atoms with Gasteiger partial charge in [-0.3, -0.25) is 14.5 Å². The summed E-state index contributed by atoms with van der Waals surface area (Å²) in [5.74, 6) is -0.237. The Morgan fingerprint density at radius 3 is 2.42 bits per heavy atom. The second kappa shape index (κ2) is 9.23. The summed E-state index contributed by atoms with van der Waals surface area (Å²) in [6.45, 7) is 2.02. The average molecular weight is 512 g/mol. The number of methoxy groups -OCH3 is 3. The first-order valence-electron chi connectivity index (χ1n) is 11.1. The Morgan fingerprint density at radius 2 is 1.78 bits per heavy atom. The average Bonchev–Trinajstić information content (AvgIpc) is 3.46. The van der Waals surface area contributed by atoms with Crippen LogP contribution in [-0.2, 0) is 6.42 Å². The molecule has 1 unspecified atom stereocenters. The van der Waals surface area contributed by atoms with Gasteiger partial charge in [-0.25, -0.2) is 4.39 Å². The quantitative estimate of drug-likeness (QED) is 0.357. The number of aryl methyl sites for hydroxylation is 1. The number of ether oxygens (including phenoxy) is 3. The van der Waals surface area contributed by atoms with Gasteiger partial charge in [0, 0.05) is 6.42 Å². The minimum Gasteiger partial charge on any atom is -0.493 e. The Balaban J connectivity index is 1.80. The Labute approximate surface area is 209 Å². The summed E-state index contributed by atoms with van der Waals surface area (Å²) >= 11 is 1.26. The number of halogens is 1. The molecule has 1 amide bonds. The van der Waals surface area contributed by atoms with E-state index < -0.39 is 23.2 Å². The fourth-order valence-electron chi connectivity index (χ4n) is 4.37. The van der Waals surface area contributed by atoms with E-state index in [2.05, 4.69) is 10.2 Å². The topological polar surface area (TPSA) is 104 Å². The predicted molar refractivity (Wildman–Crippen MR) is 131 cm³/mol. The van der Waals surface area contributed by atoms with Crippen LogP contribution in [0.25, 0.3) is 11.0 Å². The smallest absolute Gasteiger partial charge is 0.297 e. The first-order chi connectivity index (χ1) is 17.4. The van der Waals surface area contributed by atoms with E-state index in [-0.39, 0.29) is 22.3 Å². The van der Waals surface area contributed by atoms with Gasteiger partial charge in [-0.15, -0.1) is 10.2 Å². The standard InChI is InChI=1S/C25H22FN3O6S/c1-5-6-18-27-28-25(36-18)29-20(12-9-16(32-2)22(34-4)17(10-12)33-3)19-21(30)14-11-13(26)7-8-15(14)35-23(19)24(29)31/h7-11,20H,5-6H2,1-4H3. The van der Waals surface area contributed by atoms with Crippen LogP contribution in [0.3, 0.4) is 0 Å². The van der Waals surface area contributed by atoms with Gasteiger partial charge in [-0.1, -0.05) is 18.3 Å². The van der Waals surface area contributed by atoms with Crippen molar-refractivity contribution in [2.45, 2.75) is 25.8 Å². The molecule has 0 bridgehead atoms. The van der Waals surface area contributed by atoms with Gasteiger partial charge in [0.2, 0.25) is 16.6 Å². The van der Waals surface area contributed by atoms with Crippen molar-refractivity contribution in [3.05, 3.63) is 68.3 Å². The Hall–Kier alpha value is -3.99. The van der Waals surface area contributed by atoms with Gasteiger partial charge in [0.15, 0.2) is 16.9 Å². The van der Waals surface area contributed by atoms with E-state index >= 15 is 0 Å². The highest BCUT2D eigenvalue weighted by Gasteiger charge is 2.45. The maximum atomic E-state index is 14.0. The maximum Gasteiger partial charge on any atom is 0.297 e. The zero-order chi connectivity index (χ0) is 25.6. The minimum absolute atomic E-state index is 0.0322. The van der Waals surface area contributed by atoms with Gasteiger partial charge in [0.25, 0.3) is 5.91 Å². The molecule has 9 nitrogen and oxygen atoms in total. The number of benzene rings is 2. The number of rotatable bonds is 7. The zero-order valence-electron chi connectivity index (χ0n) is 20.0. The highest BCUT2D eigenvalue weighted by atomic mass is 32.1. The summed E-state index contributed by atoms with van der Waals surface area (Å²) in [6.07, 6.45) is 1.55. The number of aromatic nitrogens is 2. The van der Waals surface area contributed by atoms with Gasteiger partial charge in [0.05, 0.1) is 38.3 Å². The summed E-state index contributed by atoms with van der Waals surface area (Å²) in [6, 6.07) is 5.97. The Kier molecular flexibility index (Phi) is 6.09. The molecule has 1 aliphatic rings. The largest absolute Gasteiger partial charge is 0.493 e. The fraction of sp³-hybridized carbons (Fsp3) is 0.280. The third-order valence-corrected chi connectivity index (χ3v) is 6.94. The predicted octanol–water partition coefficient (Wildman–Crippen LogP) is 4.51. The molecule has 36 heavy (non-hydrogen) atoms. The molecule has 0 aliphatic carbocycles. The molecule has 0 spiro atoms. The van der Waals surface area contributed by atoms with E-state index in [1.165, 1.54) is 49.7 Å². The molecule has 11 heteroatoms. The molecule has 5 rings (SSSR count). The molecule has 186 valence electrons. The van der Waals surface area contributed by atoms with Crippen molar-refractivity contribution in [3.63, 3.8) is 0 Å². The molecule has 1 atom stereocenters. The SMILES string of the molecule is CCCc1nnc(N2C(=O)c3oc4ccc(F)cc4c(=O)c3C2c2cc(OC)c(OC)c(OC)c2)s1. The number of fused-ring (bicyclic) bond motifs is 2. The second-order valence-corrected chi connectivity index (χ2v) is 9.12. The van der Waals surface area contributed by atoms with E-state index in [1.807, 2.05) is 6.92 Å². The van der Waals surface area contributed by atoms with Crippen LogP contribution in [0.2, 0.25) is 0 Å². The van der Waals surface area contributed by atoms with Crippen LogP contribution in [0.5, 0.6) is 17.2 Å². The number of anilines is 1. The fourth-order valence-corrected chi connectivity index (χ4v) is 5.34. The van der Waals surface area contributed by atoms with Crippen LogP contribution in [0, 0.1) is 5.82 Å². The lowest BCUT2D eigenvalue weighted by atomic mass is 9.98. The molecular formula is C25H22FN3O6S. The van der Waals surface area contributed by atoms with Crippen molar-refractivity contribution in [3.8, 4) is 17.2 Å². The van der Waals surface area contributed by atoms with Crippen molar-refractivity contribution < 1.29 is 27.8 Å². The van der Waals surface area contributed by atoms with Crippen LogP contribution in [-0.4, -0.2) is 37.4 Å². The minimum atomic E-state index is -0.951. The number of amides is 1. The lowest BCUT2D eigenvalue weighted by Crippen LogP contribution is -2.29. The Bertz CT molecular complexity index is 1520. The lowest BCUT2D eigenvalue weighted by Gasteiger charge is -2.24. The number of nitrogens with zero attached hydrogens (tertiary/aromatic N) is 3. The molecular weight excluding hydrogens is 489 g/mol. The number of carbonyl (C=O) groups excluding carboxylic acids is 1. The zero-order valence-corrected chi connectivity index (χ0v) is 20.8. The normalized spacial score (nSPS) is 14.9.